The first-order valence-electron chi connectivity index (χ1n) is 5.73. The van der Waals surface area contributed by atoms with Crippen LogP contribution < -0.4 is 0 Å². The Morgan fingerprint density at radius 3 is 1.12 bits per heavy atom. The van der Waals surface area contributed by atoms with Crippen molar-refractivity contribution in [3.8, 4) is 0 Å². The molecule has 0 atom stereocenters. The third kappa shape index (κ3) is 8.69. The molecule has 0 spiro atoms. The summed E-state index contributed by atoms with van der Waals surface area (Å²) in [6.45, 7) is 0.691. The molecule has 0 saturated heterocycles. The van der Waals surface area contributed by atoms with E-state index in [0.29, 0.717) is 6.92 Å². The van der Waals surface area contributed by atoms with Crippen molar-refractivity contribution in [3.05, 3.63) is 23.6 Å². The Labute approximate surface area is 134 Å². The molecule has 0 aliphatic carbocycles. The molecule has 0 fully saturated rings. The van der Waals surface area contributed by atoms with Gasteiger partial charge in [0.1, 0.15) is 5.57 Å². The largest absolute Gasteiger partial charge is 0.453 e. The molecule has 156 valence electrons. The van der Waals surface area contributed by atoms with E-state index in [2.05, 4.69) is 0 Å². The van der Waals surface area contributed by atoms with Crippen LogP contribution in [-0.2, 0) is 0 Å². The molecule has 26 heavy (non-hydrogen) atoms. The van der Waals surface area contributed by atoms with Crippen LogP contribution in [0.5, 0.6) is 0 Å². The number of hydrogen-bond acceptors (Lipinski definition) is 0. The fourth-order valence-corrected chi connectivity index (χ4v) is 1.03. The van der Waals surface area contributed by atoms with Gasteiger partial charge in [-0.25, -0.2) is 4.39 Å². The number of rotatable bonds is 2. The highest BCUT2D eigenvalue weighted by atomic mass is 19.4. The minimum Gasteiger partial charge on any atom is -0.215 e. The van der Waals surface area contributed by atoms with Crippen molar-refractivity contribution in [2.45, 2.75) is 44.0 Å². The Morgan fingerprint density at radius 1 is 0.654 bits per heavy atom. The third-order valence-electron chi connectivity index (χ3n) is 2.22. The molecule has 0 aliphatic heterocycles. The van der Waals surface area contributed by atoms with E-state index in [1.165, 1.54) is 0 Å². The van der Waals surface area contributed by atoms with E-state index >= 15 is 0 Å². The summed E-state index contributed by atoms with van der Waals surface area (Å²) in [4.78, 5) is 0. The molecule has 15 heteroatoms. The van der Waals surface area contributed by atoms with Crippen molar-refractivity contribution in [3.63, 3.8) is 0 Å². The predicted molar refractivity (Wildman–Crippen MR) is 56.7 cm³/mol. The zero-order chi connectivity index (χ0) is 21.8. The van der Waals surface area contributed by atoms with Gasteiger partial charge in [-0.3, -0.25) is 0 Å². The Balaban J connectivity index is 0. The van der Waals surface area contributed by atoms with Gasteiger partial charge in [-0.05, 0) is 6.92 Å². The highest BCUT2D eigenvalue weighted by Crippen LogP contribution is 2.43. The Hall–Kier alpha value is -1.57. The Kier molecular flexibility index (Phi) is 8.63. The second-order valence-corrected chi connectivity index (χ2v) is 4.21. The quantitative estimate of drug-likeness (QED) is 0.329. The van der Waals surface area contributed by atoms with Gasteiger partial charge in [-0.1, -0.05) is 6.08 Å². The molecule has 0 bridgehead atoms. The molecule has 0 aromatic rings. The topological polar surface area (TPSA) is 0 Å². The van der Waals surface area contributed by atoms with Crippen molar-refractivity contribution >= 4 is 0 Å². The van der Waals surface area contributed by atoms with Gasteiger partial charge in [0.2, 0.25) is 0 Å². The summed E-state index contributed by atoms with van der Waals surface area (Å²) in [6, 6.07) is 0. The highest BCUT2D eigenvalue weighted by molar-refractivity contribution is 5.13. The monoisotopic (exact) mass is 424 g/mol. The first-order chi connectivity index (χ1) is 11.1. The van der Waals surface area contributed by atoms with Crippen molar-refractivity contribution in [1.29, 1.82) is 0 Å². The lowest BCUT2D eigenvalue weighted by Crippen LogP contribution is -2.38. The average molecular weight is 424 g/mol. The lowest BCUT2D eigenvalue weighted by molar-refractivity contribution is -0.284. The molecule has 0 aromatic carbocycles. The van der Waals surface area contributed by atoms with Crippen LogP contribution in [0.2, 0.25) is 0 Å². The smallest absolute Gasteiger partial charge is 0.215 e. The molecule has 0 aromatic heterocycles. The van der Waals surface area contributed by atoms with Gasteiger partial charge in [0.25, 0.3) is 0 Å². The van der Waals surface area contributed by atoms with E-state index in [0.717, 1.165) is 0 Å². The summed E-state index contributed by atoms with van der Waals surface area (Å²) in [5.41, 5.74) is -5.03. The van der Waals surface area contributed by atoms with E-state index < -0.39 is 54.5 Å². The first kappa shape index (κ1) is 26.7. The fourth-order valence-electron chi connectivity index (χ4n) is 1.03. The van der Waals surface area contributed by atoms with Gasteiger partial charge in [0.05, 0.1) is 18.3 Å². The second-order valence-electron chi connectivity index (χ2n) is 4.21. The standard InChI is InChI=1S/C6H3F9.C5H4F6/c7-2-3(5(10,11)12)1-4(8,9)6(13,14)15;1-2-3(4(6,7)8)5(9,10)11/h2H,1H2;2H,1H3/b3-2-;. The first-order valence-corrected chi connectivity index (χ1v) is 5.73. The van der Waals surface area contributed by atoms with Crippen molar-refractivity contribution < 1.29 is 65.9 Å². The van der Waals surface area contributed by atoms with Gasteiger partial charge in [0.15, 0.2) is 0 Å². The lowest BCUT2D eigenvalue weighted by atomic mass is 10.1. The Bertz CT molecular complexity index is 478. The van der Waals surface area contributed by atoms with Crippen LogP contribution in [0, 0.1) is 0 Å². The summed E-state index contributed by atoms with van der Waals surface area (Å²) in [6.07, 6.45) is -26.4. The molecule has 0 N–H and O–H groups in total. The molecule has 0 heterocycles. The maximum absolute atomic E-state index is 12.1. The maximum Gasteiger partial charge on any atom is 0.453 e. The third-order valence-corrected chi connectivity index (χ3v) is 2.22. The van der Waals surface area contributed by atoms with E-state index in [1.807, 2.05) is 0 Å². The number of halogens is 15. The second kappa shape index (κ2) is 8.41. The molecule has 0 rings (SSSR count). The molecule has 0 radical (unpaired) electrons. The average Bonchev–Trinajstić information content (AvgIpc) is 2.30. The van der Waals surface area contributed by atoms with E-state index in [1.54, 1.807) is 0 Å². The van der Waals surface area contributed by atoms with Gasteiger partial charge >= 0.3 is 30.6 Å². The van der Waals surface area contributed by atoms with E-state index in [-0.39, 0.29) is 6.08 Å². The van der Waals surface area contributed by atoms with Gasteiger partial charge < -0.3 is 0 Å². The van der Waals surface area contributed by atoms with Crippen molar-refractivity contribution in [2.75, 3.05) is 0 Å². The predicted octanol–water partition coefficient (Wildman–Crippen LogP) is 7.05. The van der Waals surface area contributed by atoms with E-state index in [9.17, 15) is 65.9 Å². The molecule has 0 unspecified atom stereocenters. The summed E-state index contributed by atoms with van der Waals surface area (Å²) < 4.78 is 173. The Morgan fingerprint density at radius 2 is 1.00 bits per heavy atom. The minimum absolute atomic E-state index is 0. The number of allylic oxidation sites excluding steroid dienone is 3. The number of alkyl halides is 14. The highest BCUT2D eigenvalue weighted by Gasteiger charge is 2.59. The van der Waals surface area contributed by atoms with Crippen LogP contribution in [0.25, 0.3) is 0 Å². The summed E-state index contributed by atoms with van der Waals surface area (Å²) in [7, 11) is 0. The summed E-state index contributed by atoms with van der Waals surface area (Å²) in [5.74, 6) is -5.61. The van der Waals surface area contributed by atoms with Crippen LogP contribution in [-0.4, -0.2) is 30.6 Å². The van der Waals surface area contributed by atoms with Gasteiger partial charge in [-0.2, -0.15) is 61.5 Å². The number of hydrogen-bond donors (Lipinski definition) is 0. The lowest BCUT2D eigenvalue weighted by Gasteiger charge is -2.21. The van der Waals surface area contributed by atoms with Gasteiger partial charge in [-0.15, -0.1) is 0 Å². The molecular formula is C11H7F15. The zero-order valence-corrected chi connectivity index (χ0v) is 12.0. The van der Waals surface area contributed by atoms with E-state index in [4.69, 9.17) is 0 Å². The van der Waals surface area contributed by atoms with Crippen LogP contribution >= 0.6 is 0 Å². The van der Waals surface area contributed by atoms with Crippen LogP contribution in [0.4, 0.5) is 65.9 Å². The molecule has 0 saturated carbocycles. The minimum atomic E-state index is -6.15. The zero-order valence-electron chi connectivity index (χ0n) is 12.0. The van der Waals surface area contributed by atoms with Crippen molar-refractivity contribution in [1.82, 2.24) is 0 Å². The summed E-state index contributed by atoms with van der Waals surface area (Å²) in [5, 5.41) is 0. The van der Waals surface area contributed by atoms with Crippen LogP contribution in [0.15, 0.2) is 23.6 Å². The maximum atomic E-state index is 12.1. The van der Waals surface area contributed by atoms with Crippen LogP contribution in [0.3, 0.4) is 0 Å². The van der Waals surface area contributed by atoms with Gasteiger partial charge in [0, 0.05) is 0 Å². The normalized spacial score (nSPS) is 14.5. The van der Waals surface area contributed by atoms with Crippen LogP contribution in [0.1, 0.15) is 13.3 Å². The fraction of sp³-hybridized carbons (Fsp3) is 0.636. The molecule has 0 nitrogen and oxygen atoms in total. The summed E-state index contributed by atoms with van der Waals surface area (Å²) >= 11 is 0. The SMILES string of the molecule is CC=C(C(F)(F)F)C(F)(F)F.F/C=C(/CC(F)(F)C(F)(F)F)C(F)(F)F. The molecule has 0 amide bonds. The molecule has 0 aliphatic rings. The molecular weight excluding hydrogens is 417 g/mol. The van der Waals surface area contributed by atoms with Crippen molar-refractivity contribution in [2.24, 2.45) is 0 Å².